The van der Waals surface area contributed by atoms with Gasteiger partial charge in [0.25, 0.3) is 0 Å². The van der Waals surface area contributed by atoms with Gasteiger partial charge in [-0.3, -0.25) is 9.59 Å². The SMILES string of the molecule is O=C1CC2C(=C(O)/C=C/c3ccccc3)C(=O)C=CC2O1. The third-order valence-corrected chi connectivity index (χ3v) is 3.63. The second-order valence-electron chi connectivity index (χ2n) is 5.03. The number of carbonyl (C=O) groups excluding carboxylic acids is 2. The van der Waals surface area contributed by atoms with Crippen LogP contribution in [0.2, 0.25) is 0 Å². The predicted octanol–water partition coefficient (Wildman–Crippen LogP) is 2.58. The smallest absolute Gasteiger partial charge is 0.307 e. The Hall–Kier alpha value is -2.62. The molecule has 0 bridgehead atoms. The molecular weight excluding hydrogens is 268 g/mol. The van der Waals surface area contributed by atoms with Gasteiger partial charge in [-0.1, -0.05) is 36.4 Å². The van der Waals surface area contributed by atoms with Gasteiger partial charge in [-0.15, -0.1) is 0 Å². The molecule has 2 aliphatic rings. The minimum absolute atomic E-state index is 0.110. The monoisotopic (exact) mass is 282 g/mol. The standard InChI is InChI=1S/C17H14O4/c18-13(7-6-11-4-2-1-3-5-11)17-12-10-16(20)21-15(12)9-8-14(17)19/h1-9,12,15,18H,10H2/b7-6+,17-13?. The lowest BCUT2D eigenvalue weighted by atomic mass is 9.84. The molecule has 4 heteroatoms. The molecular formula is C17H14O4. The van der Waals surface area contributed by atoms with Crippen molar-refractivity contribution in [3.8, 4) is 0 Å². The average Bonchev–Trinajstić information content (AvgIpc) is 2.86. The molecule has 1 aliphatic carbocycles. The number of aliphatic hydroxyl groups is 1. The Kier molecular flexibility index (Phi) is 3.44. The number of benzene rings is 1. The highest BCUT2D eigenvalue weighted by molar-refractivity contribution is 6.07. The third kappa shape index (κ3) is 2.65. The Balaban J connectivity index is 1.92. The topological polar surface area (TPSA) is 63.6 Å². The number of hydrogen-bond acceptors (Lipinski definition) is 4. The molecule has 1 heterocycles. The van der Waals surface area contributed by atoms with E-state index in [1.807, 2.05) is 30.3 Å². The molecule has 21 heavy (non-hydrogen) atoms. The van der Waals surface area contributed by atoms with E-state index in [9.17, 15) is 14.7 Å². The first-order valence-electron chi connectivity index (χ1n) is 6.73. The van der Waals surface area contributed by atoms with Crippen LogP contribution in [-0.2, 0) is 14.3 Å². The van der Waals surface area contributed by atoms with E-state index < -0.39 is 12.0 Å². The van der Waals surface area contributed by atoms with E-state index in [-0.39, 0.29) is 29.5 Å². The second kappa shape index (κ2) is 5.40. The van der Waals surface area contributed by atoms with Gasteiger partial charge in [0.2, 0.25) is 0 Å². The summed E-state index contributed by atoms with van der Waals surface area (Å²) >= 11 is 0. The molecule has 0 amide bonds. The molecule has 1 aromatic carbocycles. The van der Waals surface area contributed by atoms with Gasteiger partial charge >= 0.3 is 5.97 Å². The van der Waals surface area contributed by atoms with E-state index in [4.69, 9.17) is 4.74 Å². The molecule has 3 rings (SSSR count). The Morgan fingerprint density at radius 2 is 2.00 bits per heavy atom. The first-order chi connectivity index (χ1) is 10.1. The van der Waals surface area contributed by atoms with E-state index in [0.717, 1.165) is 5.56 Å². The van der Waals surface area contributed by atoms with Crippen molar-refractivity contribution in [2.24, 2.45) is 5.92 Å². The molecule has 1 saturated heterocycles. The summed E-state index contributed by atoms with van der Waals surface area (Å²) in [6.45, 7) is 0. The molecule has 1 aromatic rings. The molecule has 0 spiro atoms. The molecule has 2 atom stereocenters. The summed E-state index contributed by atoms with van der Waals surface area (Å²) in [5, 5.41) is 10.2. The first kappa shape index (κ1) is 13.4. The van der Waals surface area contributed by atoms with Gasteiger partial charge < -0.3 is 9.84 Å². The van der Waals surface area contributed by atoms with Crippen molar-refractivity contribution in [1.82, 2.24) is 0 Å². The first-order valence-corrected chi connectivity index (χ1v) is 6.73. The molecule has 0 saturated carbocycles. The fraction of sp³-hybridized carbons (Fsp3) is 0.176. The predicted molar refractivity (Wildman–Crippen MR) is 77.3 cm³/mol. The zero-order valence-electron chi connectivity index (χ0n) is 11.2. The number of fused-ring (bicyclic) bond motifs is 1. The highest BCUT2D eigenvalue weighted by Crippen LogP contribution is 2.35. The number of ketones is 1. The second-order valence-corrected chi connectivity index (χ2v) is 5.03. The van der Waals surface area contributed by atoms with Crippen molar-refractivity contribution in [3.63, 3.8) is 0 Å². The number of allylic oxidation sites excluding steroid dienone is 2. The van der Waals surface area contributed by atoms with Crippen LogP contribution in [0.15, 0.2) is 59.9 Å². The van der Waals surface area contributed by atoms with Gasteiger partial charge in [-0.25, -0.2) is 0 Å². The fourth-order valence-corrected chi connectivity index (χ4v) is 2.62. The van der Waals surface area contributed by atoms with E-state index in [1.165, 1.54) is 12.2 Å². The van der Waals surface area contributed by atoms with Gasteiger partial charge in [-0.05, 0) is 23.8 Å². The third-order valence-electron chi connectivity index (χ3n) is 3.63. The van der Waals surface area contributed by atoms with Crippen LogP contribution in [0.25, 0.3) is 6.08 Å². The molecule has 106 valence electrons. The lowest BCUT2D eigenvalue weighted by Crippen LogP contribution is -2.25. The molecule has 0 radical (unpaired) electrons. The van der Waals surface area contributed by atoms with Crippen LogP contribution in [0.1, 0.15) is 12.0 Å². The van der Waals surface area contributed by atoms with E-state index in [2.05, 4.69) is 0 Å². The maximum atomic E-state index is 12.0. The number of ether oxygens (including phenoxy) is 1. The Morgan fingerprint density at radius 3 is 2.76 bits per heavy atom. The number of carbonyl (C=O) groups is 2. The lowest BCUT2D eigenvalue weighted by Gasteiger charge is -2.20. The summed E-state index contributed by atoms with van der Waals surface area (Å²) in [5.41, 5.74) is 1.17. The van der Waals surface area contributed by atoms with Crippen molar-refractivity contribution in [3.05, 3.63) is 65.5 Å². The van der Waals surface area contributed by atoms with Gasteiger partial charge in [0, 0.05) is 11.5 Å². The van der Waals surface area contributed by atoms with Gasteiger partial charge in [0.1, 0.15) is 11.9 Å². The minimum atomic E-state index is -0.447. The maximum absolute atomic E-state index is 12.0. The maximum Gasteiger partial charge on any atom is 0.307 e. The van der Waals surface area contributed by atoms with E-state index in [0.29, 0.717) is 0 Å². The highest BCUT2D eigenvalue weighted by Gasteiger charge is 2.41. The highest BCUT2D eigenvalue weighted by atomic mass is 16.5. The minimum Gasteiger partial charge on any atom is -0.508 e. The molecule has 1 N–H and O–H groups in total. The van der Waals surface area contributed by atoms with Crippen LogP contribution >= 0.6 is 0 Å². The number of rotatable bonds is 2. The Morgan fingerprint density at radius 1 is 1.24 bits per heavy atom. The lowest BCUT2D eigenvalue weighted by molar-refractivity contribution is -0.140. The average molecular weight is 282 g/mol. The molecule has 1 aliphatic heterocycles. The summed E-state index contributed by atoms with van der Waals surface area (Å²) in [6, 6.07) is 9.46. The summed E-state index contributed by atoms with van der Waals surface area (Å²) in [7, 11) is 0. The molecule has 1 fully saturated rings. The quantitative estimate of drug-likeness (QED) is 0.514. The van der Waals surface area contributed by atoms with Gasteiger partial charge in [0.05, 0.1) is 6.42 Å². The van der Waals surface area contributed by atoms with Crippen molar-refractivity contribution >= 4 is 17.8 Å². The number of hydrogen-bond donors (Lipinski definition) is 1. The van der Waals surface area contributed by atoms with Crippen LogP contribution in [0.4, 0.5) is 0 Å². The molecule has 0 aromatic heterocycles. The largest absolute Gasteiger partial charge is 0.508 e. The molecule has 2 unspecified atom stereocenters. The molecule has 4 nitrogen and oxygen atoms in total. The van der Waals surface area contributed by atoms with Crippen molar-refractivity contribution < 1.29 is 19.4 Å². The van der Waals surface area contributed by atoms with Crippen molar-refractivity contribution in [1.29, 1.82) is 0 Å². The Labute approximate surface area is 122 Å². The van der Waals surface area contributed by atoms with Gasteiger partial charge in [0.15, 0.2) is 5.78 Å². The van der Waals surface area contributed by atoms with Crippen LogP contribution in [0, 0.1) is 5.92 Å². The zero-order chi connectivity index (χ0) is 14.8. The number of esters is 1. The van der Waals surface area contributed by atoms with Gasteiger partial charge in [-0.2, -0.15) is 0 Å². The van der Waals surface area contributed by atoms with Crippen LogP contribution in [-0.4, -0.2) is 23.0 Å². The van der Waals surface area contributed by atoms with E-state index >= 15 is 0 Å². The van der Waals surface area contributed by atoms with E-state index in [1.54, 1.807) is 12.2 Å². The Bertz CT molecular complexity index is 667. The number of aliphatic hydroxyl groups excluding tert-OH is 1. The summed E-state index contributed by atoms with van der Waals surface area (Å²) in [6.07, 6.45) is 5.82. The fourth-order valence-electron chi connectivity index (χ4n) is 2.62. The van der Waals surface area contributed by atoms with Crippen LogP contribution < -0.4 is 0 Å². The van der Waals surface area contributed by atoms with Crippen LogP contribution in [0.5, 0.6) is 0 Å². The summed E-state index contributed by atoms with van der Waals surface area (Å²) < 4.78 is 5.11. The normalized spacial score (nSPS) is 26.9. The summed E-state index contributed by atoms with van der Waals surface area (Å²) in [5.74, 6) is -1.12. The van der Waals surface area contributed by atoms with Crippen molar-refractivity contribution in [2.45, 2.75) is 12.5 Å². The van der Waals surface area contributed by atoms with Crippen molar-refractivity contribution in [2.75, 3.05) is 0 Å². The van der Waals surface area contributed by atoms with Crippen LogP contribution in [0.3, 0.4) is 0 Å². The summed E-state index contributed by atoms with van der Waals surface area (Å²) in [4.78, 5) is 23.4. The zero-order valence-corrected chi connectivity index (χ0v) is 11.2.